The number of ether oxygens (including phenoxy) is 2. The van der Waals surface area contributed by atoms with Crippen LogP contribution in [0.25, 0.3) is 0 Å². The molecule has 6 heteroatoms. The first kappa shape index (κ1) is 17.1. The number of rotatable bonds is 2. The second-order valence-corrected chi connectivity index (χ2v) is 6.72. The number of phenolic OH excluding ortho intramolecular Hbond substituents is 1. The Hall–Kier alpha value is -2.24. The number of phenols is 1. The Kier molecular flexibility index (Phi) is 4.82. The van der Waals surface area contributed by atoms with Crippen LogP contribution in [0.5, 0.6) is 5.75 Å². The number of carbonyl (C=O) groups excluding carboxylic acids is 2. The van der Waals surface area contributed by atoms with E-state index in [-0.39, 0.29) is 24.2 Å². The molecule has 1 aromatic carbocycles. The number of carbonyl (C=O) groups is 2. The van der Waals surface area contributed by atoms with Gasteiger partial charge in [0.15, 0.2) is 0 Å². The molecule has 1 fully saturated rings. The molecule has 6 nitrogen and oxygen atoms in total. The molecule has 1 N–H and O–H groups in total. The largest absolute Gasteiger partial charge is 0.508 e. The highest BCUT2D eigenvalue weighted by Crippen LogP contribution is 2.35. The van der Waals surface area contributed by atoms with Crippen molar-refractivity contribution in [1.82, 2.24) is 4.90 Å². The van der Waals surface area contributed by atoms with E-state index in [1.54, 1.807) is 39.0 Å². The number of hydrogen-bond donors (Lipinski definition) is 1. The summed E-state index contributed by atoms with van der Waals surface area (Å²) in [7, 11) is 1.33. The zero-order valence-corrected chi connectivity index (χ0v) is 13.9. The maximum Gasteiger partial charge on any atom is 0.410 e. The van der Waals surface area contributed by atoms with Gasteiger partial charge in [0.1, 0.15) is 11.4 Å². The quantitative estimate of drug-likeness (QED) is 0.847. The van der Waals surface area contributed by atoms with Crippen LogP contribution in [0, 0.1) is 5.92 Å². The standard InChI is InChI=1S/C17H23NO5/c1-17(2,3)23-16(21)18-9-13(14(10-18)15(20)22-4)11-6-5-7-12(19)8-11/h5-8,13-14,19H,9-10H2,1-4H3/t13-,14?/m0/s1. The molecular formula is C17H23NO5. The van der Waals surface area contributed by atoms with Gasteiger partial charge in [-0.05, 0) is 38.5 Å². The van der Waals surface area contributed by atoms with Crippen LogP contribution in [-0.2, 0) is 14.3 Å². The molecule has 2 atom stereocenters. The van der Waals surface area contributed by atoms with E-state index in [4.69, 9.17) is 9.47 Å². The third kappa shape index (κ3) is 4.15. The summed E-state index contributed by atoms with van der Waals surface area (Å²) in [5.74, 6) is -0.956. The molecule has 1 aromatic rings. The lowest BCUT2D eigenvalue weighted by atomic mass is 9.89. The van der Waals surface area contributed by atoms with E-state index in [0.717, 1.165) is 5.56 Å². The molecule has 0 radical (unpaired) electrons. The van der Waals surface area contributed by atoms with Gasteiger partial charge >= 0.3 is 12.1 Å². The summed E-state index contributed by atoms with van der Waals surface area (Å²) in [5.41, 5.74) is 0.201. The van der Waals surface area contributed by atoms with Gasteiger partial charge in [-0.25, -0.2) is 4.79 Å². The zero-order chi connectivity index (χ0) is 17.2. The minimum Gasteiger partial charge on any atom is -0.508 e. The maximum absolute atomic E-state index is 12.3. The van der Waals surface area contributed by atoms with Gasteiger partial charge in [-0.3, -0.25) is 4.79 Å². The number of aromatic hydroxyl groups is 1. The monoisotopic (exact) mass is 321 g/mol. The highest BCUT2D eigenvalue weighted by Gasteiger charge is 2.42. The van der Waals surface area contributed by atoms with Crippen LogP contribution in [-0.4, -0.2) is 47.9 Å². The Morgan fingerprint density at radius 3 is 2.52 bits per heavy atom. The SMILES string of the molecule is COC(=O)C1CN(C(=O)OC(C)(C)C)C[C@H]1c1cccc(O)c1. The summed E-state index contributed by atoms with van der Waals surface area (Å²) < 4.78 is 10.2. The van der Waals surface area contributed by atoms with Crippen molar-refractivity contribution in [1.29, 1.82) is 0 Å². The number of hydrogen-bond acceptors (Lipinski definition) is 5. The van der Waals surface area contributed by atoms with Gasteiger partial charge in [0.2, 0.25) is 0 Å². The average Bonchev–Trinajstić information content (AvgIpc) is 2.90. The first-order valence-corrected chi connectivity index (χ1v) is 7.56. The maximum atomic E-state index is 12.3. The molecule has 126 valence electrons. The molecule has 0 aromatic heterocycles. The third-order valence-corrected chi connectivity index (χ3v) is 3.77. The lowest BCUT2D eigenvalue weighted by molar-refractivity contribution is -0.145. The number of nitrogens with zero attached hydrogens (tertiary/aromatic N) is 1. The summed E-state index contributed by atoms with van der Waals surface area (Å²) in [6.45, 7) is 5.97. The van der Waals surface area contributed by atoms with Gasteiger partial charge in [0.05, 0.1) is 13.0 Å². The van der Waals surface area contributed by atoms with Gasteiger partial charge in [-0.1, -0.05) is 12.1 Å². The number of benzene rings is 1. The van der Waals surface area contributed by atoms with Crippen molar-refractivity contribution in [2.45, 2.75) is 32.3 Å². The van der Waals surface area contributed by atoms with Crippen molar-refractivity contribution < 1.29 is 24.2 Å². The van der Waals surface area contributed by atoms with Gasteiger partial charge in [0.25, 0.3) is 0 Å². The van der Waals surface area contributed by atoms with Crippen molar-refractivity contribution in [2.75, 3.05) is 20.2 Å². The summed E-state index contributed by atoms with van der Waals surface area (Å²) in [6, 6.07) is 6.73. The Morgan fingerprint density at radius 2 is 1.96 bits per heavy atom. The van der Waals surface area contributed by atoms with Gasteiger partial charge < -0.3 is 19.5 Å². The lowest BCUT2D eigenvalue weighted by Crippen LogP contribution is -2.36. The predicted octanol–water partition coefficient (Wildman–Crippen LogP) is 2.52. The second-order valence-electron chi connectivity index (χ2n) is 6.72. The zero-order valence-electron chi connectivity index (χ0n) is 13.9. The van der Waals surface area contributed by atoms with Crippen molar-refractivity contribution >= 4 is 12.1 Å². The van der Waals surface area contributed by atoms with Crippen LogP contribution in [0.4, 0.5) is 4.79 Å². The molecule has 0 bridgehead atoms. The van der Waals surface area contributed by atoms with E-state index in [9.17, 15) is 14.7 Å². The Bertz CT molecular complexity index is 593. The van der Waals surface area contributed by atoms with Crippen LogP contribution in [0.1, 0.15) is 32.3 Å². The van der Waals surface area contributed by atoms with Crippen LogP contribution in [0.3, 0.4) is 0 Å². The molecule has 0 spiro atoms. The van der Waals surface area contributed by atoms with Gasteiger partial charge in [-0.2, -0.15) is 0 Å². The van der Waals surface area contributed by atoms with E-state index in [0.29, 0.717) is 6.54 Å². The van der Waals surface area contributed by atoms with E-state index in [2.05, 4.69) is 0 Å². The normalized spacial score (nSPS) is 21.1. The minimum atomic E-state index is -0.596. The molecule has 2 rings (SSSR count). The van der Waals surface area contributed by atoms with Crippen LogP contribution < -0.4 is 0 Å². The number of amides is 1. The fourth-order valence-corrected chi connectivity index (χ4v) is 2.76. The lowest BCUT2D eigenvalue weighted by Gasteiger charge is -2.24. The molecule has 1 aliphatic rings. The summed E-state index contributed by atoms with van der Waals surface area (Å²) in [5, 5.41) is 9.66. The summed E-state index contributed by atoms with van der Waals surface area (Å²) >= 11 is 0. The van der Waals surface area contributed by atoms with Crippen molar-refractivity contribution in [3.05, 3.63) is 29.8 Å². The van der Waals surface area contributed by atoms with Crippen molar-refractivity contribution in [3.8, 4) is 5.75 Å². The smallest absolute Gasteiger partial charge is 0.410 e. The Balaban J connectivity index is 2.23. The molecule has 0 aliphatic carbocycles. The molecule has 1 amide bonds. The molecule has 1 saturated heterocycles. The molecule has 1 unspecified atom stereocenters. The molecular weight excluding hydrogens is 298 g/mol. The minimum absolute atomic E-state index is 0.127. The van der Waals surface area contributed by atoms with E-state index >= 15 is 0 Å². The van der Waals surface area contributed by atoms with Crippen LogP contribution in [0.15, 0.2) is 24.3 Å². The van der Waals surface area contributed by atoms with Gasteiger partial charge in [0, 0.05) is 19.0 Å². The summed E-state index contributed by atoms with van der Waals surface area (Å²) in [6.07, 6.45) is -0.450. The molecule has 0 saturated carbocycles. The van der Waals surface area contributed by atoms with Crippen molar-refractivity contribution in [3.63, 3.8) is 0 Å². The summed E-state index contributed by atoms with van der Waals surface area (Å²) in [4.78, 5) is 25.9. The Labute approximate surface area is 136 Å². The van der Waals surface area contributed by atoms with Crippen LogP contribution >= 0.6 is 0 Å². The van der Waals surface area contributed by atoms with E-state index in [1.807, 2.05) is 6.07 Å². The average molecular weight is 321 g/mol. The first-order chi connectivity index (χ1) is 10.7. The molecule has 23 heavy (non-hydrogen) atoms. The molecule has 1 heterocycles. The molecule has 1 aliphatic heterocycles. The van der Waals surface area contributed by atoms with Gasteiger partial charge in [-0.15, -0.1) is 0 Å². The number of likely N-dealkylation sites (tertiary alicyclic amines) is 1. The van der Waals surface area contributed by atoms with Crippen molar-refractivity contribution in [2.24, 2.45) is 5.92 Å². The first-order valence-electron chi connectivity index (χ1n) is 7.56. The van der Waals surface area contributed by atoms with E-state index < -0.39 is 17.6 Å². The second kappa shape index (κ2) is 6.48. The topological polar surface area (TPSA) is 76.1 Å². The van der Waals surface area contributed by atoms with Crippen LogP contribution in [0.2, 0.25) is 0 Å². The fraction of sp³-hybridized carbons (Fsp3) is 0.529. The third-order valence-electron chi connectivity index (χ3n) is 3.77. The predicted molar refractivity (Wildman–Crippen MR) is 84.2 cm³/mol. The highest BCUT2D eigenvalue weighted by atomic mass is 16.6. The Morgan fingerprint density at radius 1 is 1.26 bits per heavy atom. The number of methoxy groups -OCH3 is 1. The highest BCUT2D eigenvalue weighted by molar-refractivity contribution is 5.77. The fourth-order valence-electron chi connectivity index (χ4n) is 2.76. The van der Waals surface area contributed by atoms with E-state index in [1.165, 1.54) is 12.0 Å². The number of esters is 1.